The van der Waals surface area contributed by atoms with E-state index in [0.717, 1.165) is 35.5 Å². The van der Waals surface area contributed by atoms with Crippen LogP contribution in [-0.4, -0.2) is 31.4 Å². The topological polar surface area (TPSA) is 80.1 Å². The molecule has 0 amide bonds. The largest absolute Gasteiger partial charge is 0.377 e. The fourth-order valence-electron chi connectivity index (χ4n) is 2.97. The molecule has 1 aromatic carbocycles. The summed E-state index contributed by atoms with van der Waals surface area (Å²) in [5, 5.41) is 13.8. The lowest BCUT2D eigenvalue weighted by Gasteiger charge is -2.16. The predicted molar refractivity (Wildman–Crippen MR) is 104 cm³/mol. The van der Waals surface area contributed by atoms with Gasteiger partial charge in [-0.3, -0.25) is 5.10 Å². The van der Waals surface area contributed by atoms with Crippen LogP contribution in [-0.2, 0) is 17.3 Å². The molecule has 0 saturated carbocycles. The van der Waals surface area contributed by atoms with E-state index in [0.29, 0.717) is 24.5 Å². The van der Waals surface area contributed by atoms with E-state index in [9.17, 15) is 4.39 Å². The van der Waals surface area contributed by atoms with Gasteiger partial charge < -0.3 is 10.1 Å². The summed E-state index contributed by atoms with van der Waals surface area (Å²) in [4.78, 5) is 4.09. The van der Waals surface area contributed by atoms with Gasteiger partial charge in [-0.15, -0.1) is 5.10 Å². The second-order valence-corrected chi connectivity index (χ2v) is 6.74. The Morgan fingerprint density at radius 3 is 2.63 bits per heavy atom. The molecular weight excluding hydrogens is 397 g/mol. The molecule has 4 aromatic rings. The highest BCUT2D eigenvalue weighted by Crippen LogP contribution is 2.35. The van der Waals surface area contributed by atoms with E-state index in [1.807, 2.05) is 13.8 Å². The summed E-state index contributed by atoms with van der Waals surface area (Å²) < 4.78 is 50.2. The van der Waals surface area contributed by atoms with Crippen molar-refractivity contribution < 1.29 is 17.9 Å². The highest BCUT2D eigenvalue weighted by atomic mass is 19.3. The molecule has 4 rings (SSSR count). The van der Waals surface area contributed by atoms with Gasteiger partial charge >= 0.3 is 5.92 Å². The van der Waals surface area contributed by atoms with Crippen LogP contribution in [0.4, 0.5) is 24.8 Å². The van der Waals surface area contributed by atoms with Crippen LogP contribution in [0.15, 0.2) is 42.6 Å². The first-order valence-electron chi connectivity index (χ1n) is 9.27. The zero-order chi connectivity index (χ0) is 21.3. The summed E-state index contributed by atoms with van der Waals surface area (Å²) in [6, 6.07) is 7.47. The van der Waals surface area contributed by atoms with Crippen molar-refractivity contribution in [1.82, 2.24) is 24.8 Å². The number of ether oxygens (including phenoxy) is 1. The summed E-state index contributed by atoms with van der Waals surface area (Å²) in [5.74, 6) is -4.28. The van der Waals surface area contributed by atoms with Crippen molar-refractivity contribution in [3.63, 3.8) is 0 Å². The van der Waals surface area contributed by atoms with Gasteiger partial charge in [-0.05, 0) is 49.7 Å². The molecule has 0 fully saturated rings. The maximum atomic E-state index is 15.1. The summed E-state index contributed by atoms with van der Waals surface area (Å²) in [6.07, 6.45) is 1.61. The summed E-state index contributed by atoms with van der Waals surface area (Å²) >= 11 is 0. The van der Waals surface area contributed by atoms with Gasteiger partial charge in [0, 0.05) is 30.1 Å². The molecule has 0 aliphatic heterocycles. The molecule has 30 heavy (non-hydrogen) atoms. The normalized spacial score (nSPS) is 11.9. The highest BCUT2D eigenvalue weighted by Gasteiger charge is 2.39. The van der Waals surface area contributed by atoms with E-state index in [2.05, 4.69) is 25.6 Å². The van der Waals surface area contributed by atoms with Gasteiger partial charge in [-0.2, -0.15) is 13.9 Å². The lowest BCUT2D eigenvalue weighted by Crippen LogP contribution is -2.21. The fraction of sp³-hybridized carbons (Fsp3) is 0.250. The number of rotatable bonds is 7. The van der Waals surface area contributed by atoms with Crippen molar-refractivity contribution in [3.8, 4) is 0 Å². The molecule has 7 nitrogen and oxygen atoms in total. The number of hydrogen-bond donors (Lipinski definition) is 2. The minimum absolute atomic E-state index is 0.163. The van der Waals surface area contributed by atoms with Crippen molar-refractivity contribution in [2.45, 2.75) is 26.4 Å². The van der Waals surface area contributed by atoms with Crippen LogP contribution in [0.3, 0.4) is 0 Å². The van der Waals surface area contributed by atoms with E-state index < -0.39 is 23.1 Å². The molecule has 3 aromatic heterocycles. The average molecular weight is 416 g/mol. The summed E-state index contributed by atoms with van der Waals surface area (Å²) in [7, 11) is 0. The Kier molecular flexibility index (Phi) is 5.17. The number of hydrogen-bond acceptors (Lipinski definition) is 5. The molecular formula is C20H19F3N6O. The standard InChI is InChI=1S/C20H19F3N6O/c1-3-30-11-13-9-16-18(24-17-8-12(2)26-27-17)25-19(28-29(16)10-13)20(22,23)14-4-6-15(21)7-5-14/h4-10H,3,11H2,1-2H3,(H2,24,25,26,27,28). The number of benzene rings is 1. The van der Waals surface area contributed by atoms with Gasteiger partial charge in [0.25, 0.3) is 0 Å². The van der Waals surface area contributed by atoms with Crippen LogP contribution < -0.4 is 5.32 Å². The van der Waals surface area contributed by atoms with E-state index in [1.165, 1.54) is 4.52 Å². The van der Waals surface area contributed by atoms with Crippen molar-refractivity contribution in [3.05, 3.63) is 71.1 Å². The monoisotopic (exact) mass is 416 g/mol. The lowest BCUT2D eigenvalue weighted by molar-refractivity contribution is 0.0315. The summed E-state index contributed by atoms with van der Waals surface area (Å²) in [6.45, 7) is 4.51. The molecule has 0 aliphatic rings. The smallest absolute Gasteiger partial charge is 0.333 e. The first-order valence-corrected chi connectivity index (χ1v) is 9.27. The first kappa shape index (κ1) is 19.9. The minimum atomic E-state index is -3.54. The third kappa shape index (κ3) is 3.86. The lowest BCUT2D eigenvalue weighted by atomic mass is 10.1. The molecule has 3 heterocycles. The van der Waals surface area contributed by atoms with Gasteiger partial charge in [0.1, 0.15) is 11.3 Å². The molecule has 10 heteroatoms. The molecule has 0 unspecified atom stereocenters. The van der Waals surface area contributed by atoms with E-state index in [1.54, 1.807) is 18.3 Å². The first-order chi connectivity index (χ1) is 14.4. The SMILES string of the molecule is CCOCc1cc2c(Nc3cc(C)[nH]n3)nc(C(F)(F)c3ccc(F)cc3)nn2c1. The fourth-order valence-corrected chi connectivity index (χ4v) is 2.97. The van der Waals surface area contributed by atoms with Gasteiger partial charge in [0.05, 0.1) is 6.61 Å². The van der Waals surface area contributed by atoms with Crippen LogP contribution in [0.2, 0.25) is 0 Å². The Labute approximate surface area is 169 Å². The number of halogens is 3. The number of anilines is 2. The van der Waals surface area contributed by atoms with Gasteiger partial charge in [0.2, 0.25) is 5.82 Å². The average Bonchev–Trinajstić information content (AvgIpc) is 3.32. The van der Waals surface area contributed by atoms with Crippen molar-refractivity contribution in [2.24, 2.45) is 0 Å². The Morgan fingerprint density at radius 1 is 1.20 bits per heavy atom. The number of aryl methyl sites for hydroxylation is 1. The molecule has 0 aliphatic carbocycles. The van der Waals surface area contributed by atoms with Crippen LogP contribution in [0.1, 0.15) is 29.6 Å². The number of nitrogens with zero attached hydrogens (tertiary/aromatic N) is 4. The molecule has 0 atom stereocenters. The number of fused-ring (bicyclic) bond motifs is 1. The van der Waals surface area contributed by atoms with E-state index >= 15 is 8.78 Å². The molecule has 156 valence electrons. The second kappa shape index (κ2) is 7.79. The number of alkyl halides is 2. The van der Waals surface area contributed by atoms with Crippen molar-refractivity contribution in [1.29, 1.82) is 0 Å². The van der Waals surface area contributed by atoms with Crippen LogP contribution in [0.5, 0.6) is 0 Å². The highest BCUT2D eigenvalue weighted by molar-refractivity contribution is 5.73. The van der Waals surface area contributed by atoms with E-state index in [-0.39, 0.29) is 5.82 Å². The van der Waals surface area contributed by atoms with Crippen LogP contribution in [0, 0.1) is 12.7 Å². The number of nitrogens with one attached hydrogen (secondary N) is 2. The van der Waals surface area contributed by atoms with Crippen LogP contribution in [0.25, 0.3) is 5.52 Å². The minimum Gasteiger partial charge on any atom is -0.377 e. The predicted octanol–water partition coefficient (Wildman–Crippen LogP) is 4.32. The number of aromatic amines is 1. The number of H-pyrrole nitrogens is 1. The molecule has 0 spiro atoms. The van der Waals surface area contributed by atoms with Crippen molar-refractivity contribution >= 4 is 17.2 Å². The summed E-state index contributed by atoms with van der Waals surface area (Å²) in [5.41, 5.74) is 1.64. The zero-order valence-corrected chi connectivity index (χ0v) is 16.3. The maximum absolute atomic E-state index is 15.1. The van der Waals surface area contributed by atoms with Gasteiger partial charge in [-0.25, -0.2) is 13.9 Å². The Bertz CT molecular complexity index is 1170. The third-order valence-electron chi connectivity index (χ3n) is 4.43. The molecule has 2 N–H and O–H groups in total. The molecule has 0 bridgehead atoms. The Hall–Kier alpha value is -3.40. The molecule has 0 radical (unpaired) electrons. The van der Waals surface area contributed by atoms with Gasteiger partial charge in [-0.1, -0.05) is 0 Å². The van der Waals surface area contributed by atoms with E-state index in [4.69, 9.17) is 4.74 Å². The maximum Gasteiger partial charge on any atom is 0.333 e. The Morgan fingerprint density at radius 2 is 1.97 bits per heavy atom. The van der Waals surface area contributed by atoms with Gasteiger partial charge in [0.15, 0.2) is 11.6 Å². The second-order valence-electron chi connectivity index (χ2n) is 6.74. The Balaban J connectivity index is 1.82. The third-order valence-corrected chi connectivity index (χ3v) is 4.43. The molecule has 0 saturated heterocycles. The van der Waals surface area contributed by atoms with Crippen LogP contribution >= 0.6 is 0 Å². The number of aromatic nitrogens is 5. The quantitative estimate of drug-likeness (QED) is 0.469. The van der Waals surface area contributed by atoms with Crippen molar-refractivity contribution in [2.75, 3.05) is 11.9 Å². The zero-order valence-electron chi connectivity index (χ0n) is 16.3.